The van der Waals surface area contributed by atoms with Crippen molar-refractivity contribution in [2.45, 2.75) is 0 Å². The topological polar surface area (TPSA) is 13.1 Å². The quantitative estimate of drug-likeness (QED) is 0.444. The molecule has 0 unspecified atom stereocenters. The summed E-state index contributed by atoms with van der Waals surface area (Å²) >= 11 is 3.45. The van der Waals surface area contributed by atoms with E-state index >= 15 is 0 Å². The van der Waals surface area contributed by atoms with Crippen LogP contribution in [0.2, 0.25) is 0 Å². The molecule has 0 saturated heterocycles. The largest absolute Gasteiger partial charge is 0.455 e. The molecule has 0 bridgehead atoms. The van der Waals surface area contributed by atoms with Gasteiger partial charge in [0, 0.05) is 21.3 Å². The van der Waals surface area contributed by atoms with Crippen LogP contribution in [0.1, 0.15) is 0 Å². The van der Waals surface area contributed by atoms with Gasteiger partial charge in [-0.2, -0.15) is 0 Å². The van der Waals surface area contributed by atoms with Crippen LogP contribution in [0.25, 0.3) is 33.1 Å². The van der Waals surface area contributed by atoms with Crippen molar-refractivity contribution in [1.82, 2.24) is 0 Å². The summed E-state index contributed by atoms with van der Waals surface area (Å²) in [5.74, 6) is 0. The van der Waals surface area contributed by atoms with Gasteiger partial charge in [-0.1, -0.05) is 58.4 Å². The first kappa shape index (κ1) is 11.6. The van der Waals surface area contributed by atoms with E-state index in [0.717, 1.165) is 37.5 Å². The Morgan fingerprint density at radius 3 is 2.55 bits per heavy atom. The Labute approximate surface area is 125 Å². The molecule has 0 fully saturated rings. The van der Waals surface area contributed by atoms with Crippen molar-refractivity contribution in [2.75, 3.05) is 0 Å². The summed E-state index contributed by atoms with van der Waals surface area (Å²) in [4.78, 5) is 0. The van der Waals surface area contributed by atoms with E-state index < -0.39 is 0 Å². The summed E-state index contributed by atoms with van der Waals surface area (Å²) in [7, 11) is 0. The van der Waals surface area contributed by atoms with E-state index in [9.17, 15) is 0 Å². The summed E-state index contributed by atoms with van der Waals surface area (Å²) in [6.45, 7) is 0. The molecule has 4 aromatic rings. The molecule has 0 radical (unpaired) electrons. The van der Waals surface area contributed by atoms with Crippen molar-refractivity contribution in [3.8, 4) is 11.1 Å². The number of rotatable bonds is 1. The minimum Gasteiger partial charge on any atom is -0.455 e. The monoisotopic (exact) mass is 320 g/mol. The fraction of sp³-hybridized carbons (Fsp3) is 0. The first-order valence-corrected chi connectivity index (χ1v) is 7.12. The molecule has 0 saturated carbocycles. The number of para-hydroxylation sites is 1. The Kier molecular flexibility index (Phi) is 2.55. The van der Waals surface area contributed by atoms with Crippen LogP contribution in [0.3, 0.4) is 0 Å². The van der Waals surface area contributed by atoms with E-state index in [-0.39, 0.29) is 0 Å². The minimum atomic E-state index is 0.868. The van der Waals surface area contributed by atoms with E-state index in [1.54, 1.807) is 0 Å². The highest BCUT2D eigenvalue weighted by atomic mass is 79.9. The molecule has 0 N–H and O–H groups in total. The molecule has 0 atom stereocenters. The number of fused-ring (bicyclic) bond motifs is 3. The molecule has 94 valence electrons. The Bertz CT molecular complexity index is 904. The van der Waals surface area contributed by atoms with Crippen LogP contribution in [-0.2, 0) is 0 Å². The second-order valence-electron chi connectivity index (χ2n) is 4.64. The molecule has 1 nitrogen and oxygen atoms in total. The van der Waals surface area contributed by atoms with Crippen LogP contribution in [0, 0.1) is 12.1 Å². The third-order valence-electron chi connectivity index (χ3n) is 3.41. The maximum absolute atomic E-state index is 6.01. The first-order valence-electron chi connectivity index (χ1n) is 6.32. The Morgan fingerprint density at radius 2 is 1.70 bits per heavy atom. The standard InChI is InChI=1S/C18H9BrO/c19-13-10-8-12(9-11-13)14-5-3-6-16-15-4-1-2-7-17(15)20-18(14)16/h1-2,4,6-11H. The fourth-order valence-corrected chi connectivity index (χ4v) is 2.72. The summed E-state index contributed by atoms with van der Waals surface area (Å²) in [6.07, 6.45) is 0. The van der Waals surface area contributed by atoms with Crippen molar-refractivity contribution in [1.29, 1.82) is 0 Å². The molecule has 1 heterocycles. The molecule has 0 amide bonds. The van der Waals surface area contributed by atoms with Gasteiger partial charge in [0.05, 0.1) is 5.56 Å². The smallest absolute Gasteiger partial charge is 0.152 e. The van der Waals surface area contributed by atoms with Crippen LogP contribution in [0.15, 0.2) is 63.5 Å². The zero-order valence-electron chi connectivity index (χ0n) is 10.5. The van der Waals surface area contributed by atoms with Crippen LogP contribution in [0.5, 0.6) is 0 Å². The number of hydrogen-bond donors (Lipinski definition) is 0. The lowest BCUT2D eigenvalue weighted by Gasteiger charge is -1.99. The zero-order valence-corrected chi connectivity index (χ0v) is 12.1. The second kappa shape index (κ2) is 4.40. The van der Waals surface area contributed by atoms with Crippen molar-refractivity contribution in [3.05, 3.63) is 71.2 Å². The number of benzene rings is 2. The normalized spacial score (nSPS) is 10.8. The van der Waals surface area contributed by atoms with Gasteiger partial charge in [-0.15, -0.1) is 0 Å². The van der Waals surface area contributed by atoms with Crippen LogP contribution in [-0.4, -0.2) is 0 Å². The number of furan rings is 1. The van der Waals surface area contributed by atoms with Gasteiger partial charge in [0.2, 0.25) is 0 Å². The van der Waals surface area contributed by atoms with Crippen LogP contribution >= 0.6 is 15.9 Å². The molecule has 1 aromatic heterocycles. The van der Waals surface area contributed by atoms with Crippen LogP contribution < -0.4 is 0 Å². The molecule has 0 aliphatic heterocycles. The lowest BCUT2D eigenvalue weighted by molar-refractivity contribution is 0.670. The van der Waals surface area contributed by atoms with E-state index in [1.807, 2.05) is 36.4 Å². The highest BCUT2D eigenvalue weighted by molar-refractivity contribution is 9.10. The molecular weight excluding hydrogens is 312 g/mol. The molecule has 3 aromatic carbocycles. The average molecular weight is 321 g/mol. The Morgan fingerprint density at radius 1 is 0.900 bits per heavy atom. The third-order valence-corrected chi connectivity index (χ3v) is 3.94. The highest BCUT2D eigenvalue weighted by Crippen LogP contribution is 2.34. The lowest BCUT2D eigenvalue weighted by Crippen LogP contribution is -1.76. The summed E-state index contributed by atoms with van der Waals surface area (Å²) in [5.41, 5.74) is 3.79. The summed E-state index contributed by atoms with van der Waals surface area (Å²) in [5, 5.41) is 2.20. The van der Waals surface area contributed by atoms with Gasteiger partial charge in [-0.3, -0.25) is 0 Å². The van der Waals surface area contributed by atoms with Crippen LogP contribution in [0.4, 0.5) is 0 Å². The summed E-state index contributed by atoms with van der Waals surface area (Å²) < 4.78 is 7.06. The van der Waals surface area contributed by atoms with Gasteiger partial charge in [0.1, 0.15) is 5.58 Å². The Hall–Kier alpha value is -2.24. The molecule has 2 heteroatoms. The zero-order chi connectivity index (χ0) is 13.5. The molecule has 20 heavy (non-hydrogen) atoms. The van der Waals surface area contributed by atoms with Gasteiger partial charge in [0.25, 0.3) is 0 Å². The predicted octanol–water partition coefficient (Wildman–Crippen LogP) is 5.62. The van der Waals surface area contributed by atoms with E-state index in [1.165, 1.54) is 0 Å². The van der Waals surface area contributed by atoms with Crippen molar-refractivity contribution >= 4 is 37.9 Å². The molecular formula is C18H9BrO. The molecule has 4 rings (SSSR count). The fourth-order valence-electron chi connectivity index (χ4n) is 2.45. The number of halogens is 1. The minimum absolute atomic E-state index is 0.868. The molecule has 0 aliphatic carbocycles. The predicted molar refractivity (Wildman–Crippen MR) is 84.5 cm³/mol. The van der Waals surface area contributed by atoms with Crippen molar-refractivity contribution in [2.24, 2.45) is 0 Å². The van der Waals surface area contributed by atoms with E-state index in [0.29, 0.717) is 0 Å². The van der Waals surface area contributed by atoms with Gasteiger partial charge in [-0.05, 0) is 23.8 Å². The van der Waals surface area contributed by atoms with Gasteiger partial charge in [0.15, 0.2) is 5.58 Å². The third kappa shape index (κ3) is 1.71. The maximum atomic E-state index is 6.01. The summed E-state index contributed by atoms with van der Waals surface area (Å²) in [6, 6.07) is 24.4. The van der Waals surface area contributed by atoms with E-state index in [2.05, 4.69) is 46.3 Å². The van der Waals surface area contributed by atoms with Crippen molar-refractivity contribution < 1.29 is 4.42 Å². The highest BCUT2D eigenvalue weighted by Gasteiger charge is 2.11. The number of hydrogen-bond acceptors (Lipinski definition) is 1. The Balaban J connectivity index is 2.07. The maximum Gasteiger partial charge on any atom is 0.152 e. The molecule has 0 aliphatic rings. The SMILES string of the molecule is Brc1ccc(-c2c#ccc3c2oc2ccccc23)cc1. The van der Waals surface area contributed by atoms with Gasteiger partial charge >= 0.3 is 0 Å². The first-order chi connectivity index (χ1) is 9.83. The van der Waals surface area contributed by atoms with Gasteiger partial charge < -0.3 is 4.42 Å². The average Bonchev–Trinajstić information content (AvgIpc) is 2.87. The van der Waals surface area contributed by atoms with E-state index in [4.69, 9.17) is 4.42 Å². The van der Waals surface area contributed by atoms with Gasteiger partial charge in [-0.25, -0.2) is 0 Å². The molecule has 0 spiro atoms. The van der Waals surface area contributed by atoms with Crippen molar-refractivity contribution in [3.63, 3.8) is 0 Å². The second-order valence-corrected chi connectivity index (χ2v) is 5.55. The lowest BCUT2D eigenvalue weighted by atomic mass is 10.0.